The Morgan fingerprint density at radius 1 is 0.966 bits per heavy atom. The number of fused-ring (bicyclic) bond motifs is 1. The molecule has 7 nitrogen and oxygen atoms in total. The number of nitrogens with one attached hydrogen (secondary N) is 1. The van der Waals surface area contributed by atoms with E-state index in [0.29, 0.717) is 11.5 Å². The van der Waals surface area contributed by atoms with Gasteiger partial charge in [0.2, 0.25) is 0 Å². The van der Waals surface area contributed by atoms with E-state index in [0.717, 1.165) is 26.7 Å². The summed E-state index contributed by atoms with van der Waals surface area (Å²) in [5, 5.41) is 5.18. The number of hydrogen-bond acceptors (Lipinski definition) is 6. The molecule has 29 heavy (non-hydrogen) atoms. The van der Waals surface area contributed by atoms with Gasteiger partial charge in [0.05, 0.1) is 4.90 Å². The molecule has 0 saturated carbocycles. The summed E-state index contributed by atoms with van der Waals surface area (Å²) in [5.41, 5.74) is 3.43. The number of aromatic nitrogens is 4. The molecule has 2 aromatic carbocycles. The predicted octanol–water partition coefficient (Wildman–Crippen LogP) is 4.00. The quantitative estimate of drug-likeness (QED) is 0.486. The van der Waals surface area contributed by atoms with Gasteiger partial charge < -0.3 is 0 Å². The lowest BCUT2D eigenvalue weighted by atomic mass is 10.2. The Labute approximate surface area is 173 Å². The zero-order valence-electron chi connectivity index (χ0n) is 16.1. The highest BCUT2D eigenvalue weighted by Gasteiger charge is 2.15. The van der Waals surface area contributed by atoms with Crippen LogP contribution in [0.15, 0.2) is 69.7 Å². The Hall–Kier alpha value is -2.91. The van der Waals surface area contributed by atoms with Crippen LogP contribution >= 0.6 is 11.8 Å². The Kier molecular flexibility index (Phi) is 5.01. The third-order valence-electron chi connectivity index (χ3n) is 4.51. The van der Waals surface area contributed by atoms with E-state index in [1.165, 1.54) is 18.1 Å². The molecule has 0 spiro atoms. The first-order valence-corrected chi connectivity index (χ1v) is 11.2. The molecular weight excluding hydrogens is 406 g/mol. The van der Waals surface area contributed by atoms with Gasteiger partial charge in [-0.2, -0.15) is 14.6 Å². The monoisotopic (exact) mass is 425 g/mol. The lowest BCUT2D eigenvalue weighted by Crippen LogP contribution is -2.12. The highest BCUT2D eigenvalue weighted by Crippen LogP contribution is 2.32. The predicted molar refractivity (Wildman–Crippen MR) is 113 cm³/mol. The van der Waals surface area contributed by atoms with Gasteiger partial charge >= 0.3 is 0 Å². The minimum absolute atomic E-state index is 0.234. The third kappa shape index (κ3) is 3.96. The van der Waals surface area contributed by atoms with E-state index in [9.17, 15) is 8.42 Å². The van der Waals surface area contributed by atoms with Crippen LogP contribution in [0.5, 0.6) is 0 Å². The number of aryl methyl sites for hydroxylation is 2. The molecule has 4 rings (SSSR count). The summed E-state index contributed by atoms with van der Waals surface area (Å²) in [6.45, 7) is 5.85. The Bertz CT molecular complexity index is 1280. The fraction of sp³-hybridized carbons (Fsp3) is 0.150. The van der Waals surface area contributed by atoms with Crippen LogP contribution in [-0.2, 0) is 10.0 Å². The minimum Gasteiger partial charge on any atom is -0.280 e. The molecule has 4 aromatic rings. The van der Waals surface area contributed by atoms with Crippen LogP contribution < -0.4 is 4.72 Å². The fourth-order valence-corrected chi connectivity index (χ4v) is 4.83. The van der Waals surface area contributed by atoms with Crippen molar-refractivity contribution in [3.8, 4) is 0 Å². The average molecular weight is 426 g/mol. The van der Waals surface area contributed by atoms with Gasteiger partial charge in [0.25, 0.3) is 15.8 Å². The number of nitrogens with zero attached hydrogens (tertiary/aromatic N) is 4. The van der Waals surface area contributed by atoms with Crippen molar-refractivity contribution >= 4 is 33.3 Å². The second-order valence-electron chi connectivity index (χ2n) is 6.64. The molecule has 0 saturated heterocycles. The Balaban J connectivity index is 1.57. The molecule has 0 aliphatic carbocycles. The highest BCUT2D eigenvalue weighted by atomic mass is 32.2. The van der Waals surface area contributed by atoms with Crippen molar-refractivity contribution in [3.63, 3.8) is 0 Å². The first kappa shape index (κ1) is 19.4. The van der Waals surface area contributed by atoms with Gasteiger partial charge in [-0.25, -0.2) is 13.4 Å². The van der Waals surface area contributed by atoms with E-state index in [4.69, 9.17) is 0 Å². The molecular formula is C20H19N5O2S2. The van der Waals surface area contributed by atoms with Gasteiger partial charge in [-0.3, -0.25) is 4.72 Å². The van der Waals surface area contributed by atoms with Gasteiger partial charge in [-0.05, 0) is 57.2 Å². The van der Waals surface area contributed by atoms with E-state index in [1.807, 2.05) is 32.9 Å². The second kappa shape index (κ2) is 7.49. The summed E-state index contributed by atoms with van der Waals surface area (Å²) in [6.07, 6.45) is 1.48. The fourth-order valence-electron chi connectivity index (χ4n) is 2.76. The van der Waals surface area contributed by atoms with Gasteiger partial charge in [0.15, 0.2) is 0 Å². The van der Waals surface area contributed by atoms with Gasteiger partial charge in [-0.1, -0.05) is 29.5 Å². The number of benzene rings is 2. The number of rotatable bonds is 5. The van der Waals surface area contributed by atoms with Gasteiger partial charge in [-0.15, -0.1) is 0 Å². The summed E-state index contributed by atoms with van der Waals surface area (Å²) in [6, 6.07) is 14.0. The number of hydrogen-bond donors (Lipinski definition) is 1. The van der Waals surface area contributed by atoms with Crippen molar-refractivity contribution in [1.82, 2.24) is 19.6 Å². The van der Waals surface area contributed by atoms with Gasteiger partial charge in [0, 0.05) is 21.8 Å². The number of sulfonamides is 1. The summed E-state index contributed by atoms with van der Waals surface area (Å²) in [5.74, 6) is 0.554. The average Bonchev–Trinajstić information content (AvgIpc) is 3.15. The number of anilines is 1. The molecule has 9 heteroatoms. The molecule has 0 aliphatic rings. The van der Waals surface area contributed by atoms with Crippen LogP contribution in [0, 0.1) is 20.8 Å². The molecule has 1 N–H and O–H groups in total. The van der Waals surface area contributed by atoms with E-state index < -0.39 is 10.0 Å². The Morgan fingerprint density at radius 2 is 1.66 bits per heavy atom. The lowest BCUT2D eigenvalue weighted by Gasteiger charge is -2.11. The second-order valence-corrected chi connectivity index (χ2v) is 9.39. The molecule has 148 valence electrons. The van der Waals surface area contributed by atoms with Crippen molar-refractivity contribution in [2.24, 2.45) is 0 Å². The van der Waals surface area contributed by atoms with Crippen LogP contribution in [0.3, 0.4) is 0 Å². The summed E-state index contributed by atoms with van der Waals surface area (Å²) in [4.78, 5) is 9.77. The Morgan fingerprint density at radius 3 is 2.34 bits per heavy atom. The molecule has 0 bridgehead atoms. The minimum atomic E-state index is -3.62. The maximum absolute atomic E-state index is 12.5. The normalized spacial score (nSPS) is 11.7. The summed E-state index contributed by atoms with van der Waals surface area (Å²) < 4.78 is 29.4. The lowest BCUT2D eigenvalue weighted by molar-refractivity contribution is 0.601. The largest absolute Gasteiger partial charge is 0.280 e. The summed E-state index contributed by atoms with van der Waals surface area (Å²) in [7, 11) is -3.62. The van der Waals surface area contributed by atoms with Crippen molar-refractivity contribution in [1.29, 1.82) is 0 Å². The van der Waals surface area contributed by atoms with E-state index in [2.05, 4.69) is 19.8 Å². The van der Waals surface area contributed by atoms with Gasteiger partial charge in [0.1, 0.15) is 11.4 Å². The zero-order chi connectivity index (χ0) is 20.6. The third-order valence-corrected chi connectivity index (χ3v) is 7.08. The molecule has 0 radical (unpaired) electrons. The van der Waals surface area contributed by atoms with E-state index >= 15 is 0 Å². The van der Waals surface area contributed by atoms with Crippen molar-refractivity contribution in [2.45, 2.75) is 35.6 Å². The van der Waals surface area contributed by atoms with Crippen LogP contribution in [0.25, 0.3) is 5.78 Å². The van der Waals surface area contributed by atoms with Crippen LogP contribution in [0.2, 0.25) is 0 Å². The van der Waals surface area contributed by atoms with Crippen molar-refractivity contribution in [3.05, 3.63) is 71.7 Å². The highest BCUT2D eigenvalue weighted by molar-refractivity contribution is 7.99. The standard InChI is InChI=1S/C20H19N5O2S2/c1-13-4-10-18(11-5-13)29(26,27)24-16-6-8-17(9-7-16)28-19-14(2)15(3)23-20-21-12-22-25(19)20/h4-12,24H,1-3H3. The maximum Gasteiger partial charge on any atom is 0.261 e. The van der Waals surface area contributed by atoms with Crippen LogP contribution in [0.4, 0.5) is 5.69 Å². The SMILES string of the molecule is Cc1ccc(S(=O)(=O)Nc2ccc(Sc3c(C)c(C)nc4ncnn34)cc2)cc1. The molecule has 0 atom stereocenters. The van der Waals surface area contributed by atoms with E-state index in [1.54, 1.807) is 40.9 Å². The molecule has 0 fully saturated rings. The zero-order valence-corrected chi connectivity index (χ0v) is 17.8. The van der Waals surface area contributed by atoms with E-state index in [-0.39, 0.29) is 4.90 Å². The molecule has 0 aliphatic heterocycles. The topological polar surface area (TPSA) is 89.2 Å². The smallest absolute Gasteiger partial charge is 0.261 e. The first-order valence-electron chi connectivity index (χ1n) is 8.88. The van der Waals surface area contributed by atoms with Crippen LogP contribution in [-0.4, -0.2) is 28.0 Å². The molecule has 2 heterocycles. The molecule has 0 amide bonds. The van der Waals surface area contributed by atoms with Crippen molar-refractivity contribution in [2.75, 3.05) is 4.72 Å². The van der Waals surface area contributed by atoms with Crippen LogP contribution in [0.1, 0.15) is 16.8 Å². The maximum atomic E-state index is 12.5. The molecule has 0 unspecified atom stereocenters. The first-order chi connectivity index (χ1) is 13.8. The van der Waals surface area contributed by atoms with Crippen molar-refractivity contribution < 1.29 is 8.42 Å². The molecule has 2 aromatic heterocycles. The summed E-state index contributed by atoms with van der Waals surface area (Å²) >= 11 is 1.53.